The molecule has 1 amide bonds. The van der Waals surface area contributed by atoms with Crippen molar-refractivity contribution in [2.75, 3.05) is 18.1 Å². The van der Waals surface area contributed by atoms with E-state index < -0.39 is 9.84 Å². The van der Waals surface area contributed by atoms with Gasteiger partial charge in [-0.05, 0) is 32.2 Å². The highest BCUT2D eigenvalue weighted by Gasteiger charge is 2.36. The quantitative estimate of drug-likeness (QED) is 0.739. The molecule has 2 fully saturated rings. The van der Waals surface area contributed by atoms with Crippen LogP contribution in [-0.2, 0) is 14.6 Å². The number of carbonyl (C=O) groups is 1. The Morgan fingerprint density at radius 2 is 2.00 bits per heavy atom. The number of hydrogen-bond acceptors (Lipinski definition) is 4. The highest BCUT2D eigenvalue weighted by atomic mass is 32.2. The summed E-state index contributed by atoms with van der Waals surface area (Å²) < 4.78 is 22.7. The predicted molar refractivity (Wildman–Crippen MR) is 69.9 cm³/mol. The van der Waals surface area contributed by atoms with Gasteiger partial charge in [0, 0.05) is 12.1 Å². The van der Waals surface area contributed by atoms with Gasteiger partial charge in [-0.25, -0.2) is 8.42 Å². The average molecular weight is 274 g/mol. The van der Waals surface area contributed by atoms with Crippen LogP contribution in [-0.4, -0.2) is 44.5 Å². The molecule has 2 rings (SSSR count). The van der Waals surface area contributed by atoms with Gasteiger partial charge in [0.15, 0.2) is 9.84 Å². The fourth-order valence-corrected chi connectivity index (χ4v) is 4.63. The molecule has 104 valence electrons. The summed E-state index contributed by atoms with van der Waals surface area (Å²) in [7, 11) is -2.98. The summed E-state index contributed by atoms with van der Waals surface area (Å²) in [6, 6.07) is 0.352. The Bertz CT molecular complexity index is 411. The largest absolute Gasteiger partial charge is 0.351 e. The molecule has 4 unspecified atom stereocenters. The zero-order valence-electron chi connectivity index (χ0n) is 11.0. The van der Waals surface area contributed by atoms with Crippen LogP contribution in [0.3, 0.4) is 0 Å². The first kappa shape index (κ1) is 13.8. The van der Waals surface area contributed by atoms with Crippen molar-refractivity contribution in [3.8, 4) is 0 Å². The minimum Gasteiger partial charge on any atom is -0.351 e. The molecule has 0 aliphatic carbocycles. The third-order valence-electron chi connectivity index (χ3n) is 4.13. The molecule has 6 heteroatoms. The van der Waals surface area contributed by atoms with Gasteiger partial charge >= 0.3 is 0 Å². The number of rotatable bonds is 2. The molecule has 2 aliphatic heterocycles. The van der Waals surface area contributed by atoms with Crippen molar-refractivity contribution in [3.63, 3.8) is 0 Å². The second kappa shape index (κ2) is 5.17. The van der Waals surface area contributed by atoms with E-state index in [9.17, 15) is 13.2 Å². The number of amides is 1. The third kappa shape index (κ3) is 3.03. The van der Waals surface area contributed by atoms with Gasteiger partial charge in [-0.2, -0.15) is 0 Å². The molecule has 2 saturated heterocycles. The number of piperidine rings is 1. The molecule has 0 aromatic rings. The van der Waals surface area contributed by atoms with E-state index in [0.29, 0.717) is 12.3 Å². The van der Waals surface area contributed by atoms with E-state index in [1.165, 1.54) is 0 Å². The first-order chi connectivity index (χ1) is 8.39. The van der Waals surface area contributed by atoms with Gasteiger partial charge in [0.1, 0.15) is 0 Å². The molecule has 0 aromatic heterocycles. The van der Waals surface area contributed by atoms with Crippen LogP contribution in [0.1, 0.15) is 26.7 Å². The minimum atomic E-state index is -2.98. The highest BCUT2D eigenvalue weighted by Crippen LogP contribution is 2.21. The van der Waals surface area contributed by atoms with Crippen LogP contribution in [0.25, 0.3) is 0 Å². The smallest absolute Gasteiger partial charge is 0.224 e. The summed E-state index contributed by atoms with van der Waals surface area (Å²) in [6.07, 6.45) is 1.51. The van der Waals surface area contributed by atoms with E-state index in [-0.39, 0.29) is 35.4 Å². The van der Waals surface area contributed by atoms with E-state index >= 15 is 0 Å². The van der Waals surface area contributed by atoms with Gasteiger partial charge in [0.25, 0.3) is 0 Å². The van der Waals surface area contributed by atoms with Gasteiger partial charge in [0.05, 0.1) is 17.4 Å². The van der Waals surface area contributed by atoms with Gasteiger partial charge in [-0.3, -0.25) is 4.79 Å². The zero-order chi connectivity index (χ0) is 13.3. The molecule has 0 spiro atoms. The lowest BCUT2D eigenvalue weighted by molar-refractivity contribution is -0.125. The Kier molecular flexibility index (Phi) is 3.96. The van der Waals surface area contributed by atoms with Crippen molar-refractivity contribution < 1.29 is 13.2 Å². The van der Waals surface area contributed by atoms with E-state index in [1.54, 1.807) is 0 Å². The molecule has 0 saturated carbocycles. The van der Waals surface area contributed by atoms with Crippen molar-refractivity contribution in [2.45, 2.75) is 38.8 Å². The fraction of sp³-hybridized carbons (Fsp3) is 0.917. The molecule has 2 heterocycles. The second-order valence-corrected chi connectivity index (χ2v) is 7.87. The van der Waals surface area contributed by atoms with E-state index in [0.717, 1.165) is 13.0 Å². The van der Waals surface area contributed by atoms with Crippen molar-refractivity contribution in [1.82, 2.24) is 10.6 Å². The maximum atomic E-state index is 12.1. The van der Waals surface area contributed by atoms with Crippen LogP contribution in [0.15, 0.2) is 0 Å². The number of hydrogen-bond donors (Lipinski definition) is 2. The SMILES string of the molecule is CC1CCNC(C)C1NC(=O)C1CCS(=O)(=O)C1. The standard InChI is InChI=1S/C12H22N2O3S/c1-8-3-5-13-9(2)11(8)14-12(15)10-4-6-18(16,17)7-10/h8-11,13H,3-7H2,1-2H3,(H,14,15). The molecule has 2 aliphatic rings. The molecular weight excluding hydrogens is 252 g/mol. The molecule has 5 nitrogen and oxygen atoms in total. The lowest BCUT2D eigenvalue weighted by atomic mass is 9.88. The summed E-state index contributed by atoms with van der Waals surface area (Å²) in [5.74, 6) is 0.156. The molecule has 0 radical (unpaired) electrons. The molecule has 2 N–H and O–H groups in total. The topological polar surface area (TPSA) is 75.3 Å². The van der Waals surface area contributed by atoms with Crippen molar-refractivity contribution in [3.05, 3.63) is 0 Å². The molecule has 4 atom stereocenters. The van der Waals surface area contributed by atoms with Crippen molar-refractivity contribution in [2.24, 2.45) is 11.8 Å². The summed E-state index contributed by atoms with van der Waals surface area (Å²) in [4.78, 5) is 12.1. The van der Waals surface area contributed by atoms with Crippen LogP contribution in [0.5, 0.6) is 0 Å². The molecule has 18 heavy (non-hydrogen) atoms. The Hall–Kier alpha value is -0.620. The predicted octanol–water partition coefficient (Wildman–Crippen LogP) is -0.0762. The summed E-state index contributed by atoms with van der Waals surface area (Å²) >= 11 is 0. The maximum Gasteiger partial charge on any atom is 0.224 e. The van der Waals surface area contributed by atoms with Gasteiger partial charge in [-0.15, -0.1) is 0 Å². The Labute approximate surface area is 109 Å². The van der Waals surface area contributed by atoms with E-state index in [4.69, 9.17) is 0 Å². The van der Waals surface area contributed by atoms with E-state index in [1.807, 2.05) is 0 Å². The minimum absolute atomic E-state index is 0.0156. The number of nitrogens with one attached hydrogen (secondary N) is 2. The third-order valence-corrected chi connectivity index (χ3v) is 5.90. The summed E-state index contributed by atoms with van der Waals surface area (Å²) in [5.41, 5.74) is 0. The number of carbonyl (C=O) groups excluding carboxylic acids is 1. The molecule has 0 aromatic carbocycles. The van der Waals surface area contributed by atoms with Crippen LogP contribution in [0.4, 0.5) is 0 Å². The maximum absolute atomic E-state index is 12.1. The van der Waals surface area contributed by atoms with Crippen LogP contribution >= 0.6 is 0 Å². The Balaban J connectivity index is 1.94. The lowest BCUT2D eigenvalue weighted by Crippen LogP contribution is -2.56. The summed E-state index contributed by atoms with van der Waals surface area (Å²) in [5, 5.41) is 6.37. The number of sulfone groups is 1. The van der Waals surface area contributed by atoms with Crippen LogP contribution in [0.2, 0.25) is 0 Å². The van der Waals surface area contributed by atoms with Gasteiger partial charge in [0.2, 0.25) is 5.91 Å². The van der Waals surface area contributed by atoms with Gasteiger partial charge in [-0.1, -0.05) is 6.92 Å². The zero-order valence-corrected chi connectivity index (χ0v) is 11.8. The second-order valence-electron chi connectivity index (χ2n) is 5.64. The monoisotopic (exact) mass is 274 g/mol. The normalized spacial score (nSPS) is 39.4. The lowest BCUT2D eigenvalue weighted by Gasteiger charge is -2.36. The van der Waals surface area contributed by atoms with Crippen molar-refractivity contribution >= 4 is 15.7 Å². The van der Waals surface area contributed by atoms with Crippen molar-refractivity contribution in [1.29, 1.82) is 0 Å². The summed E-state index contributed by atoms with van der Waals surface area (Å²) in [6.45, 7) is 5.17. The first-order valence-electron chi connectivity index (χ1n) is 6.63. The first-order valence-corrected chi connectivity index (χ1v) is 8.45. The Morgan fingerprint density at radius 1 is 1.28 bits per heavy atom. The van der Waals surface area contributed by atoms with Gasteiger partial charge < -0.3 is 10.6 Å². The van der Waals surface area contributed by atoms with Crippen LogP contribution < -0.4 is 10.6 Å². The Morgan fingerprint density at radius 3 is 2.56 bits per heavy atom. The van der Waals surface area contributed by atoms with Crippen LogP contribution in [0, 0.1) is 11.8 Å². The highest BCUT2D eigenvalue weighted by molar-refractivity contribution is 7.91. The molecule has 0 bridgehead atoms. The van der Waals surface area contributed by atoms with E-state index in [2.05, 4.69) is 24.5 Å². The molecular formula is C12H22N2O3S. The average Bonchev–Trinajstić information content (AvgIpc) is 2.64. The fourth-order valence-electron chi connectivity index (χ4n) is 2.89.